The van der Waals surface area contributed by atoms with Gasteiger partial charge in [-0.25, -0.2) is 9.78 Å². The molecule has 5 nitrogen and oxygen atoms in total. The second-order valence-electron chi connectivity index (χ2n) is 4.48. The average molecular weight is 340 g/mol. The van der Waals surface area contributed by atoms with Crippen molar-refractivity contribution >= 4 is 17.7 Å². The third-order valence-electron chi connectivity index (χ3n) is 2.90. The molecule has 8 heteroatoms. The average Bonchev–Trinajstić information content (AvgIpc) is 2.51. The first-order chi connectivity index (χ1) is 11.0. The van der Waals surface area contributed by atoms with Crippen molar-refractivity contribution in [3.8, 4) is 0 Å². The van der Waals surface area contributed by atoms with E-state index in [1.54, 1.807) is 31.2 Å². The molecule has 0 saturated heterocycles. The van der Waals surface area contributed by atoms with Crippen molar-refractivity contribution in [1.82, 2.24) is 9.55 Å². The minimum absolute atomic E-state index is 0.140. The number of benzene rings is 1. The number of carbonyl (C=O) groups is 1. The van der Waals surface area contributed by atoms with Gasteiger partial charge in [-0.2, -0.15) is 8.78 Å². The van der Waals surface area contributed by atoms with Crippen LogP contribution in [0.4, 0.5) is 8.78 Å². The summed E-state index contributed by atoms with van der Waals surface area (Å²) in [4.78, 5) is 28.2. The molecule has 0 fully saturated rings. The Kier molecular flexibility index (Phi) is 5.86. The monoisotopic (exact) mass is 340 g/mol. The topological polar surface area (TPSA) is 61.2 Å². The van der Waals surface area contributed by atoms with Crippen molar-refractivity contribution in [2.75, 3.05) is 6.61 Å². The molecule has 0 bridgehead atoms. The van der Waals surface area contributed by atoms with E-state index in [1.165, 1.54) is 17.1 Å². The first-order valence-electron chi connectivity index (χ1n) is 6.76. The number of rotatable bonds is 6. The van der Waals surface area contributed by atoms with E-state index in [0.29, 0.717) is 16.7 Å². The summed E-state index contributed by atoms with van der Waals surface area (Å²) < 4.78 is 30.6. The first-order valence-corrected chi connectivity index (χ1v) is 7.64. The third-order valence-corrected chi connectivity index (χ3v) is 3.62. The van der Waals surface area contributed by atoms with Crippen LogP contribution in [0.15, 0.2) is 46.5 Å². The minimum Gasteiger partial charge on any atom is -0.462 e. The summed E-state index contributed by atoms with van der Waals surface area (Å²) in [5.41, 5.74) is 0.0808. The number of aromatic nitrogens is 2. The van der Waals surface area contributed by atoms with Gasteiger partial charge in [-0.15, -0.1) is 0 Å². The number of hydrogen-bond acceptors (Lipinski definition) is 5. The smallest absolute Gasteiger partial charge is 0.345 e. The first kappa shape index (κ1) is 17.1. The number of halogens is 2. The summed E-state index contributed by atoms with van der Waals surface area (Å²) in [6, 6.07) is 6.40. The van der Waals surface area contributed by atoms with Gasteiger partial charge in [-0.05, 0) is 24.6 Å². The van der Waals surface area contributed by atoms with Crippen LogP contribution in [0, 0.1) is 0 Å². The van der Waals surface area contributed by atoms with E-state index in [1.807, 2.05) is 0 Å². The molecule has 2 aromatic rings. The van der Waals surface area contributed by atoms with Crippen LogP contribution in [0.3, 0.4) is 0 Å². The lowest BCUT2D eigenvalue weighted by Crippen LogP contribution is -2.28. The molecule has 1 aromatic carbocycles. The number of hydrogen-bond donors (Lipinski definition) is 0. The standard InChI is InChI=1S/C15H14F2N2O3S/c1-2-22-14(21)12-7-18-9-19(13(12)20)8-10-3-5-11(6-4-10)23-15(16)17/h3-7,9,15H,2,8H2,1H3. The van der Waals surface area contributed by atoms with Gasteiger partial charge in [-0.3, -0.25) is 9.36 Å². The Morgan fingerprint density at radius 3 is 2.65 bits per heavy atom. The van der Waals surface area contributed by atoms with E-state index in [4.69, 9.17) is 4.74 Å². The molecule has 0 amide bonds. The lowest BCUT2D eigenvalue weighted by atomic mass is 10.2. The Morgan fingerprint density at radius 2 is 2.04 bits per heavy atom. The number of carbonyl (C=O) groups excluding carboxylic acids is 1. The van der Waals surface area contributed by atoms with Crippen LogP contribution in [0.2, 0.25) is 0 Å². The number of esters is 1. The Labute approximate surface area is 135 Å². The van der Waals surface area contributed by atoms with Gasteiger partial charge in [0.2, 0.25) is 0 Å². The summed E-state index contributed by atoms with van der Waals surface area (Å²) in [6.07, 6.45) is 2.48. The maximum absolute atomic E-state index is 12.3. The maximum Gasteiger partial charge on any atom is 0.345 e. The van der Waals surface area contributed by atoms with Crippen molar-refractivity contribution in [3.05, 3.63) is 58.3 Å². The molecule has 122 valence electrons. The van der Waals surface area contributed by atoms with Crippen molar-refractivity contribution in [1.29, 1.82) is 0 Å². The largest absolute Gasteiger partial charge is 0.462 e. The van der Waals surface area contributed by atoms with Crippen molar-refractivity contribution in [2.45, 2.75) is 24.1 Å². The van der Waals surface area contributed by atoms with Crippen molar-refractivity contribution in [2.24, 2.45) is 0 Å². The lowest BCUT2D eigenvalue weighted by molar-refractivity contribution is 0.0523. The molecule has 0 aliphatic rings. The molecule has 0 aliphatic carbocycles. The van der Waals surface area contributed by atoms with Crippen LogP contribution in [0.1, 0.15) is 22.8 Å². The predicted octanol–water partition coefficient (Wildman–Crippen LogP) is 2.78. The molecule has 0 radical (unpaired) electrons. The maximum atomic E-state index is 12.3. The number of ether oxygens (including phenoxy) is 1. The molecule has 0 spiro atoms. The van der Waals surface area contributed by atoms with Crippen LogP contribution >= 0.6 is 11.8 Å². The molecule has 23 heavy (non-hydrogen) atoms. The van der Waals surface area contributed by atoms with Crippen LogP contribution in [-0.2, 0) is 11.3 Å². The van der Waals surface area contributed by atoms with E-state index >= 15 is 0 Å². The van der Waals surface area contributed by atoms with Crippen molar-refractivity contribution in [3.63, 3.8) is 0 Å². The highest BCUT2D eigenvalue weighted by Crippen LogP contribution is 2.25. The van der Waals surface area contributed by atoms with Crippen LogP contribution < -0.4 is 5.56 Å². The van der Waals surface area contributed by atoms with Crippen LogP contribution in [-0.4, -0.2) is 27.9 Å². The molecular formula is C15H14F2N2O3S. The van der Waals surface area contributed by atoms with Gasteiger partial charge in [-0.1, -0.05) is 23.9 Å². The van der Waals surface area contributed by atoms with E-state index < -0.39 is 17.3 Å². The highest BCUT2D eigenvalue weighted by molar-refractivity contribution is 7.99. The molecule has 1 aromatic heterocycles. The molecule has 0 N–H and O–H groups in total. The zero-order valence-corrected chi connectivity index (χ0v) is 13.1. The second kappa shape index (κ2) is 7.87. The Bertz CT molecular complexity index is 732. The van der Waals surface area contributed by atoms with E-state index in [0.717, 1.165) is 5.56 Å². The summed E-state index contributed by atoms with van der Waals surface area (Å²) in [6.45, 7) is 1.99. The zero-order valence-electron chi connectivity index (χ0n) is 12.2. The Balaban J connectivity index is 2.18. The number of thioether (sulfide) groups is 1. The molecular weight excluding hydrogens is 326 g/mol. The normalized spacial score (nSPS) is 10.8. The molecule has 0 saturated carbocycles. The summed E-state index contributed by atoms with van der Waals surface area (Å²) >= 11 is 0.453. The fourth-order valence-electron chi connectivity index (χ4n) is 1.89. The van der Waals surface area contributed by atoms with Crippen LogP contribution in [0.5, 0.6) is 0 Å². The number of nitrogens with zero attached hydrogens (tertiary/aromatic N) is 2. The van der Waals surface area contributed by atoms with Gasteiger partial charge in [0.15, 0.2) is 0 Å². The van der Waals surface area contributed by atoms with Gasteiger partial charge in [0.25, 0.3) is 11.3 Å². The zero-order chi connectivity index (χ0) is 16.8. The molecule has 0 atom stereocenters. The Hall–Kier alpha value is -2.22. The van der Waals surface area contributed by atoms with Gasteiger partial charge in [0.1, 0.15) is 5.56 Å². The third kappa shape index (κ3) is 4.62. The van der Waals surface area contributed by atoms with E-state index in [-0.39, 0.29) is 18.7 Å². The van der Waals surface area contributed by atoms with Crippen molar-refractivity contribution < 1.29 is 18.3 Å². The van der Waals surface area contributed by atoms with Gasteiger partial charge in [0, 0.05) is 11.1 Å². The fourth-order valence-corrected chi connectivity index (χ4v) is 2.38. The summed E-state index contributed by atoms with van der Waals surface area (Å²) in [5, 5.41) is 0. The minimum atomic E-state index is -2.48. The van der Waals surface area contributed by atoms with E-state index in [9.17, 15) is 18.4 Å². The molecule has 0 unspecified atom stereocenters. The number of alkyl halides is 2. The molecule has 1 heterocycles. The fraction of sp³-hybridized carbons (Fsp3) is 0.267. The highest BCUT2D eigenvalue weighted by atomic mass is 32.2. The quantitative estimate of drug-likeness (QED) is 0.598. The van der Waals surface area contributed by atoms with E-state index in [2.05, 4.69) is 4.98 Å². The highest BCUT2D eigenvalue weighted by Gasteiger charge is 2.14. The van der Waals surface area contributed by atoms with Gasteiger partial charge < -0.3 is 4.74 Å². The lowest BCUT2D eigenvalue weighted by Gasteiger charge is -2.08. The SMILES string of the molecule is CCOC(=O)c1cncn(Cc2ccc(SC(F)F)cc2)c1=O. The molecule has 2 rings (SSSR count). The summed E-state index contributed by atoms with van der Waals surface area (Å²) in [7, 11) is 0. The Morgan fingerprint density at radius 1 is 1.35 bits per heavy atom. The summed E-state index contributed by atoms with van der Waals surface area (Å²) in [5.74, 6) is -3.20. The van der Waals surface area contributed by atoms with Crippen LogP contribution in [0.25, 0.3) is 0 Å². The predicted molar refractivity (Wildman–Crippen MR) is 81.9 cm³/mol. The molecule has 0 aliphatic heterocycles. The van der Waals surface area contributed by atoms with Gasteiger partial charge >= 0.3 is 5.97 Å². The van der Waals surface area contributed by atoms with Gasteiger partial charge in [0.05, 0.1) is 19.5 Å². The second-order valence-corrected chi connectivity index (χ2v) is 5.55.